The Balaban J connectivity index is 2.30. The van der Waals surface area contributed by atoms with Gasteiger partial charge in [0.05, 0.1) is 0 Å². The first-order valence-corrected chi connectivity index (χ1v) is 5.18. The third kappa shape index (κ3) is 2.55. The van der Waals surface area contributed by atoms with Crippen LogP contribution in [0.4, 0.5) is 23.0 Å². The molecule has 6 N–H and O–H groups in total. The van der Waals surface area contributed by atoms with Gasteiger partial charge in [0.15, 0.2) is 11.6 Å². The summed E-state index contributed by atoms with van der Waals surface area (Å²) in [5.41, 5.74) is 9.33. The van der Waals surface area contributed by atoms with Crippen LogP contribution in [0, 0.1) is 0 Å². The average Bonchev–Trinajstić information content (AvgIpc) is 2.32. The average molecular weight is 251 g/mol. The van der Waals surface area contributed by atoms with Crippen LogP contribution in [0.5, 0.6) is 0 Å². The summed E-state index contributed by atoms with van der Waals surface area (Å²) < 4.78 is 0. The summed E-state index contributed by atoms with van der Waals surface area (Å²) in [6.45, 7) is 0. The Morgan fingerprint density at radius 1 is 1.18 bits per heavy atom. The van der Waals surface area contributed by atoms with E-state index in [1.165, 1.54) is 6.33 Å². The molecule has 88 valence electrons. The van der Waals surface area contributed by atoms with Gasteiger partial charge in [0.25, 0.3) is 0 Å². The number of halogens is 1. The molecule has 0 aliphatic rings. The highest BCUT2D eigenvalue weighted by molar-refractivity contribution is 6.30. The first-order chi connectivity index (χ1) is 8.20. The molecule has 17 heavy (non-hydrogen) atoms. The molecule has 1 aromatic carbocycles. The second-order valence-electron chi connectivity index (χ2n) is 3.26. The maximum Gasteiger partial charge on any atom is 0.168 e. The second-order valence-corrected chi connectivity index (χ2v) is 3.70. The first kappa shape index (κ1) is 11.4. The lowest BCUT2D eigenvalue weighted by Gasteiger charge is -2.10. The molecular weight excluding hydrogens is 240 g/mol. The van der Waals surface area contributed by atoms with Crippen molar-refractivity contribution in [1.82, 2.24) is 9.97 Å². The van der Waals surface area contributed by atoms with Crippen LogP contribution in [0.1, 0.15) is 0 Å². The highest BCUT2D eigenvalue weighted by Gasteiger charge is 2.06. The van der Waals surface area contributed by atoms with E-state index in [2.05, 4.69) is 20.7 Å². The number of nitrogen functional groups attached to an aromatic ring is 2. The summed E-state index contributed by atoms with van der Waals surface area (Å²) in [6.07, 6.45) is 1.36. The Kier molecular flexibility index (Phi) is 3.27. The molecule has 7 heteroatoms. The number of nitrogens with one attached hydrogen (secondary N) is 2. The van der Waals surface area contributed by atoms with Gasteiger partial charge < -0.3 is 16.5 Å². The van der Waals surface area contributed by atoms with Crippen LogP contribution in [0.3, 0.4) is 0 Å². The van der Waals surface area contributed by atoms with Gasteiger partial charge in [0.1, 0.15) is 12.0 Å². The molecule has 0 aliphatic carbocycles. The van der Waals surface area contributed by atoms with Crippen molar-refractivity contribution in [3.63, 3.8) is 0 Å². The number of rotatable bonds is 3. The number of nitrogens with zero attached hydrogens (tertiary/aromatic N) is 2. The van der Waals surface area contributed by atoms with E-state index >= 15 is 0 Å². The van der Waals surface area contributed by atoms with Crippen molar-refractivity contribution in [3.8, 4) is 0 Å². The number of hydrazine groups is 1. The van der Waals surface area contributed by atoms with Gasteiger partial charge in [-0.25, -0.2) is 15.8 Å². The molecule has 1 aromatic heterocycles. The largest absolute Gasteiger partial charge is 0.393 e. The minimum atomic E-state index is 0.343. The van der Waals surface area contributed by atoms with Crippen LogP contribution in [-0.2, 0) is 0 Å². The van der Waals surface area contributed by atoms with Crippen molar-refractivity contribution >= 4 is 34.6 Å². The molecule has 0 atom stereocenters. The number of nitrogens with two attached hydrogens (primary N) is 2. The molecular formula is C10H11ClN6. The topological polar surface area (TPSA) is 102 Å². The monoisotopic (exact) mass is 250 g/mol. The van der Waals surface area contributed by atoms with Crippen molar-refractivity contribution in [1.29, 1.82) is 0 Å². The third-order valence-corrected chi connectivity index (χ3v) is 2.34. The summed E-state index contributed by atoms with van der Waals surface area (Å²) in [4.78, 5) is 7.90. The number of aromatic nitrogens is 2. The fourth-order valence-corrected chi connectivity index (χ4v) is 1.50. The molecule has 0 aliphatic heterocycles. The first-order valence-electron chi connectivity index (χ1n) is 4.80. The molecule has 0 saturated carbocycles. The zero-order valence-electron chi connectivity index (χ0n) is 8.81. The SMILES string of the molecule is NNc1ncnc(Nc2cccc(Cl)c2)c1N. The molecule has 2 rings (SSSR count). The van der Waals surface area contributed by atoms with E-state index in [-0.39, 0.29) is 0 Å². The Hall–Kier alpha value is -2.05. The fourth-order valence-electron chi connectivity index (χ4n) is 1.31. The quantitative estimate of drug-likeness (QED) is 0.489. The van der Waals surface area contributed by atoms with Gasteiger partial charge >= 0.3 is 0 Å². The highest BCUT2D eigenvalue weighted by Crippen LogP contribution is 2.25. The number of hydrogen-bond acceptors (Lipinski definition) is 6. The van der Waals surface area contributed by atoms with Crippen LogP contribution >= 0.6 is 11.6 Å². The Morgan fingerprint density at radius 3 is 2.65 bits per heavy atom. The molecule has 1 heterocycles. The maximum atomic E-state index is 5.87. The molecule has 0 radical (unpaired) electrons. The van der Waals surface area contributed by atoms with Crippen molar-refractivity contribution < 1.29 is 0 Å². The van der Waals surface area contributed by atoms with Gasteiger partial charge in [-0.15, -0.1) is 0 Å². The highest BCUT2D eigenvalue weighted by atomic mass is 35.5. The van der Waals surface area contributed by atoms with Gasteiger partial charge in [0, 0.05) is 10.7 Å². The van der Waals surface area contributed by atoms with E-state index in [9.17, 15) is 0 Å². The fraction of sp³-hybridized carbons (Fsp3) is 0. The van der Waals surface area contributed by atoms with E-state index < -0.39 is 0 Å². The molecule has 2 aromatic rings. The normalized spacial score (nSPS) is 10.0. The van der Waals surface area contributed by atoms with Gasteiger partial charge in [0.2, 0.25) is 0 Å². The number of anilines is 4. The lowest BCUT2D eigenvalue weighted by molar-refractivity contribution is 1.14. The third-order valence-electron chi connectivity index (χ3n) is 2.11. The Morgan fingerprint density at radius 2 is 1.94 bits per heavy atom. The minimum absolute atomic E-state index is 0.343. The van der Waals surface area contributed by atoms with E-state index in [1.807, 2.05) is 12.1 Å². The van der Waals surface area contributed by atoms with Crippen LogP contribution < -0.4 is 22.3 Å². The summed E-state index contributed by atoms with van der Waals surface area (Å²) in [6, 6.07) is 7.22. The molecule has 0 bridgehead atoms. The van der Waals surface area contributed by atoms with Crippen LogP contribution in [0.2, 0.25) is 5.02 Å². The van der Waals surface area contributed by atoms with Gasteiger partial charge in [-0.3, -0.25) is 0 Å². The van der Waals surface area contributed by atoms with Crippen LogP contribution in [0.25, 0.3) is 0 Å². The molecule has 6 nitrogen and oxygen atoms in total. The van der Waals surface area contributed by atoms with Crippen molar-refractivity contribution in [2.45, 2.75) is 0 Å². The van der Waals surface area contributed by atoms with E-state index in [0.29, 0.717) is 22.3 Å². The molecule has 0 saturated heterocycles. The Bertz CT molecular complexity index is 530. The van der Waals surface area contributed by atoms with Crippen molar-refractivity contribution in [3.05, 3.63) is 35.6 Å². The molecule has 0 spiro atoms. The van der Waals surface area contributed by atoms with Crippen LogP contribution in [-0.4, -0.2) is 9.97 Å². The van der Waals surface area contributed by atoms with Gasteiger partial charge in [-0.2, -0.15) is 0 Å². The molecule has 0 unspecified atom stereocenters. The number of benzene rings is 1. The summed E-state index contributed by atoms with van der Waals surface area (Å²) in [7, 11) is 0. The lowest BCUT2D eigenvalue weighted by Crippen LogP contribution is -2.12. The molecule has 0 amide bonds. The van der Waals surface area contributed by atoms with Crippen molar-refractivity contribution in [2.75, 3.05) is 16.5 Å². The summed E-state index contributed by atoms with van der Waals surface area (Å²) in [5.74, 6) is 6.10. The van der Waals surface area contributed by atoms with Crippen LogP contribution in [0.15, 0.2) is 30.6 Å². The molecule has 0 fully saturated rings. The predicted octanol–water partition coefficient (Wildman–Crippen LogP) is 1.74. The number of hydrogen-bond donors (Lipinski definition) is 4. The van der Waals surface area contributed by atoms with Gasteiger partial charge in [-0.05, 0) is 18.2 Å². The summed E-state index contributed by atoms with van der Waals surface area (Å²) >= 11 is 5.87. The maximum absolute atomic E-state index is 5.87. The zero-order chi connectivity index (χ0) is 12.3. The standard InChI is InChI=1S/C10H11ClN6/c11-6-2-1-3-7(4-6)16-9-8(12)10(17-13)15-5-14-9/h1-5H,12-13H2,(H2,14,15,16,17). The Labute approximate surface area is 103 Å². The minimum Gasteiger partial charge on any atom is -0.393 e. The predicted molar refractivity (Wildman–Crippen MR) is 69.0 cm³/mol. The van der Waals surface area contributed by atoms with Gasteiger partial charge in [-0.1, -0.05) is 17.7 Å². The second kappa shape index (κ2) is 4.86. The smallest absolute Gasteiger partial charge is 0.168 e. The van der Waals surface area contributed by atoms with Crippen molar-refractivity contribution in [2.24, 2.45) is 5.84 Å². The summed E-state index contributed by atoms with van der Waals surface area (Å²) in [5, 5.41) is 3.66. The van der Waals surface area contributed by atoms with E-state index in [0.717, 1.165) is 5.69 Å². The zero-order valence-corrected chi connectivity index (χ0v) is 9.57. The van der Waals surface area contributed by atoms with E-state index in [4.69, 9.17) is 23.2 Å². The van der Waals surface area contributed by atoms with E-state index in [1.54, 1.807) is 12.1 Å². The lowest BCUT2D eigenvalue weighted by atomic mass is 10.3.